The molecule has 7 nitrogen and oxygen atoms in total. The maximum atomic E-state index is 15.9. The van der Waals surface area contributed by atoms with Crippen LogP contribution in [0.4, 0.5) is 32.2 Å². The molecule has 1 aliphatic rings. The topological polar surface area (TPSA) is 72.4 Å². The summed E-state index contributed by atoms with van der Waals surface area (Å²) < 4.78 is 95.1. The van der Waals surface area contributed by atoms with Crippen LogP contribution in [0.15, 0.2) is 12.1 Å². The fourth-order valence-corrected chi connectivity index (χ4v) is 4.13. The monoisotopic (exact) mass is 501 g/mol. The van der Waals surface area contributed by atoms with Gasteiger partial charge in [-0.25, -0.2) is 18.2 Å². The Balaban J connectivity index is 2.09. The van der Waals surface area contributed by atoms with Gasteiger partial charge in [-0.15, -0.1) is 0 Å². The van der Waals surface area contributed by atoms with Crippen LogP contribution < -0.4 is 19.7 Å². The summed E-state index contributed by atoms with van der Waals surface area (Å²) >= 11 is 0. The predicted octanol–water partition coefficient (Wildman–Crippen LogP) is 4.52. The van der Waals surface area contributed by atoms with Gasteiger partial charge >= 0.3 is 12.2 Å². The highest BCUT2D eigenvalue weighted by Crippen LogP contribution is 2.44. The molecule has 4 rings (SSSR count). The Morgan fingerprint density at radius 1 is 1.03 bits per heavy atom. The van der Waals surface area contributed by atoms with Crippen LogP contribution >= 0.6 is 0 Å². The predicted molar refractivity (Wildman–Crippen MR) is 116 cm³/mol. The number of benzene rings is 1. The maximum absolute atomic E-state index is 15.9. The van der Waals surface area contributed by atoms with E-state index in [1.807, 2.05) is 4.90 Å². The average molecular weight is 501 g/mol. The number of anilines is 1. The molecule has 1 saturated heterocycles. The molecule has 3 aromatic rings. The molecule has 3 heterocycles. The van der Waals surface area contributed by atoms with E-state index in [0.717, 1.165) is 13.0 Å². The van der Waals surface area contributed by atoms with Gasteiger partial charge in [0.05, 0.1) is 19.8 Å². The maximum Gasteiger partial charge on any atom is 0.417 e. The number of halogens is 6. The molecule has 1 fully saturated rings. The first-order valence-corrected chi connectivity index (χ1v) is 10.5. The lowest BCUT2D eigenvalue weighted by Crippen LogP contribution is -2.44. The second kappa shape index (κ2) is 9.36. The fourth-order valence-electron chi connectivity index (χ4n) is 4.13. The van der Waals surface area contributed by atoms with Crippen LogP contribution in [0.3, 0.4) is 0 Å². The van der Waals surface area contributed by atoms with Crippen molar-refractivity contribution in [2.24, 2.45) is 0 Å². The number of rotatable bonds is 5. The number of nitrogens with one attached hydrogen (secondary N) is 1. The Kier molecular flexibility index (Phi) is 6.62. The number of methoxy groups -OCH3 is 2. The third-order valence-electron chi connectivity index (χ3n) is 5.65. The van der Waals surface area contributed by atoms with Crippen molar-refractivity contribution in [3.8, 4) is 23.1 Å². The number of aryl methyl sites for hydroxylation is 1. The van der Waals surface area contributed by atoms with Crippen LogP contribution in [0, 0.1) is 12.7 Å². The van der Waals surface area contributed by atoms with Gasteiger partial charge in [0.25, 0.3) is 6.43 Å². The van der Waals surface area contributed by atoms with E-state index in [4.69, 9.17) is 9.47 Å². The summed E-state index contributed by atoms with van der Waals surface area (Å²) in [7, 11) is 2.47. The molecule has 0 atom stereocenters. The average Bonchev–Trinajstić information content (AvgIpc) is 2.83. The van der Waals surface area contributed by atoms with E-state index in [1.165, 1.54) is 14.2 Å². The van der Waals surface area contributed by atoms with Crippen LogP contribution in [-0.4, -0.2) is 55.4 Å². The van der Waals surface area contributed by atoms with Crippen LogP contribution in [0.25, 0.3) is 22.2 Å². The molecule has 13 heteroatoms. The molecule has 0 bridgehead atoms. The van der Waals surface area contributed by atoms with Crippen molar-refractivity contribution in [3.63, 3.8) is 0 Å². The quantitative estimate of drug-likeness (QED) is 0.516. The summed E-state index contributed by atoms with van der Waals surface area (Å²) in [5, 5.41) is 3.20. The minimum absolute atomic E-state index is 0.0340. The Bertz CT molecular complexity index is 1260. The van der Waals surface area contributed by atoms with Crippen LogP contribution in [0.2, 0.25) is 0 Å². The van der Waals surface area contributed by atoms with Crippen molar-refractivity contribution in [1.29, 1.82) is 0 Å². The molecule has 0 spiro atoms. The van der Waals surface area contributed by atoms with E-state index in [2.05, 4.69) is 20.3 Å². The van der Waals surface area contributed by atoms with Gasteiger partial charge in [-0.3, -0.25) is 0 Å². The number of ether oxygens (including phenoxy) is 2. The van der Waals surface area contributed by atoms with Gasteiger partial charge in [0.2, 0.25) is 5.88 Å². The molecule has 188 valence electrons. The summed E-state index contributed by atoms with van der Waals surface area (Å²) in [5.41, 5.74) is -4.54. The Morgan fingerprint density at radius 3 is 2.29 bits per heavy atom. The number of aromatic nitrogens is 3. The van der Waals surface area contributed by atoms with Gasteiger partial charge in [-0.05, 0) is 24.6 Å². The fraction of sp³-hybridized carbons (Fsp3) is 0.409. The van der Waals surface area contributed by atoms with Gasteiger partial charge in [0.1, 0.15) is 22.4 Å². The van der Waals surface area contributed by atoms with Crippen molar-refractivity contribution >= 4 is 16.7 Å². The summed E-state index contributed by atoms with van der Waals surface area (Å²) in [6, 6.07) is 1.09. The lowest BCUT2D eigenvalue weighted by atomic mass is 9.95. The number of piperazine rings is 1. The SMILES string of the molecule is COc1nc(N2CCNCC2)c2c(OC)nc(-c3cc(C(F)F)cc(C)c3C(F)(F)F)c(F)c2n1. The summed E-state index contributed by atoms with van der Waals surface area (Å²) in [4.78, 5) is 14.1. The molecule has 1 N–H and O–H groups in total. The third kappa shape index (κ3) is 4.51. The number of nitrogens with zero attached hydrogens (tertiary/aromatic N) is 4. The molecular formula is C22H21F6N5O2. The highest BCUT2D eigenvalue weighted by Gasteiger charge is 2.38. The second-order valence-corrected chi connectivity index (χ2v) is 7.84. The molecular weight excluding hydrogens is 480 g/mol. The second-order valence-electron chi connectivity index (χ2n) is 7.84. The Labute approximate surface area is 196 Å². The molecule has 0 aliphatic carbocycles. The van der Waals surface area contributed by atoms with Gasteiger partial charge in [-0.2, -0.15) is 23.1 Å². The van der Waals surface area contributed by atoms with Gasteiger partial charge in [0.15, 0.2) is 5.82 Å². The smallest absolute Gasteiger partial charge is 0.417 e. The van der Waals surface area contributed by atoms with Crippen molar-refractivity contribution in [3.05, 3.63) is 34.6 Å². The largest absolute Gasteiger partial charge is 0.480 e. The van der Waals surface area contributed by atoms with Crippen molar-refractivity contribution in [2.75, 3.05) is 45.3 Å². The minimum Gasteiger partial charge on any atom is -0.480 e. The van der Waals surface area contributed by atoms with Crippen LogP contribution in [0.1, 0.15) is 23.1 Å². The number of pyridine rings is 1. The summed E-state index contributed by atoms with van der Waals surface area (Å²) in [6.07, 6.45) is -8.05. The van der Waals surface area contributed by atoms with Gasteiger partial charge in [-0.1, -0.05) is 0 Å². The van der Waals surface area contributed by atoms with Crippen LogP contribution in [0.5, 0.6) is 11.9 Å². The zero-order valence-corrected chi connectivity index (χ0v) is 18.9. The zero-order valence-electron chi connectivity index (χ0n) is 18.9. The normalized spacial score (nSPS) is 14.6. The zero-order chi connectivity index (χ0) is 25.5. The van der Waals surface area contributed by atoms with Gasteiger partial charge < -0.3 is 19.7 Å². The summed E-state index contributed by atoms with van der Waals surface area (Å²) in [6.45, 7) is 3.24. The first-order chi connectivity index (χ1) is 16.6. The van der Waals surface area contributed by atoms with E-state index >= 15 is 4.39 Å². The molecule has 0 amide bonds. The Morgan fingerprint density at radius 2 is 1.71 bits per heavy atom. The number of hydrogen-bond acceptors (Lipinski definition) is 7. The highest BCUT2D eigenvalue weighted by atomic mass is 19.4. The first kappa shape index (κ1) is 24.8. The molecule has 1 aromatic carbocycles. The molecule has 0 radical (unpaired) electrons. The summed E-state index contributed by atoms with van der Waals surface area (Å²) in [5.74, 6) is -1.26. The number of hydrogen-bond donors (Lipinski definition) is 1. The van der Waals surface area contributed by atoms with Crippen molar-refractivity contribution in [2.45, 2.75) is 19.5 Å². The van der Waals surface area contributed by atoms with E-state index in [0.29, 0.717) is 32.2 Å². The molecule has 0 unspecified atom stereocenters. The van der Waals surface area contributed by atoms with E-state index in [1.54, 1.807) is 0 Å². The Hall–Kier alpha value is -3.35. The molecule has 0 saturated carbocycles. The lowest BCUT2D eigenvalue weighted by molar-refractivity contribution is -0.137. The van der Waals surface area contributed by atoms with Gasteiger partial charge in [0, 0.05) is 37.3 Å². The highest BCUT2D eigenvalue weighted by molar-refractivity contribution is 5.97. The first-order valence-electron chi connectivity index (χ1n) is 10.5. The molecule has 35 heavy (non-hydrogen) atoms. The van der Waals surface area contributed by atoms with E-state index in [-0.39, 0.29) is 23.1 Å². The molecule has 1 aliphatic heterocycles. The van der Waals surface area contributed by atoms with Crippen molar-refractivity contribution in [1.82, 2.24) is 20.3 Å². The van der Waals surface area contributed by atoms with Crippen molar-refractivity contribution < 1.29 is 35.8 Å². The lowest BCUT2D eigenvalue weighted by Gasteiger charge is -2.29. The standard InChI is InChI=1S/C22H21F6N5O2/c1-10-8-11(18(24)25)9-12(14(10)22(26,27)28)16-15(23)17-13(20(30-16)34-2)19(32-21(31-17)35-3)33-6-4-29-5-7-33/h8-9,18,29H,4-7H2,1-3H3. The minimum atomic E-state index is -4.97. The van der Waals surface area contributed by atoms with Crippen LogP contribution in [-0.2, 0) is 6.18 Å². The third-order valence-corrected chi connectivity index (χ3v) is 5.65. The number of fused-ring (bicyclic) bond motifs is 1. The molecule has 2 aromatic heterocycles. The van der Waals surface area contributed by atoms with E-state index in [9.17, 15) is 22.0 Å². The number of alkyl halides is 5. The van der Waals surface area contributed by atoms with E-state index < -0.39 is 51.9 Å².